The Kier molecular flexibility index (Phi) is 5.83. The first-order chi connectivity index (χ1) is 8.20. The van der Waals surface area contributed by atoms with Crippen molar-refractivity contribution in [3.63, 3.8) is 0 Å². The van der Waals surface area contributed by atoms with Crippen molar-refractivity contribution in [2.45, 2.75) is 46.1 Å². The molecule has 17 heavy (non-hydrogen) atoms. The van der Waals surface area contributed by atoms with E-state index in [-0.39, 0.29) is 6.61 Å². The van der Waals surface area contributed by atoms with E-state index in [1.165, 1.54) is 0 Å². The second kappa shape index (κ2) is 7.17. The molecular formula is C12H24N4O. The van der Waals surface area contributed by atoms with E-state index in [1.807, 2.05) is 11.6 Å². The SMILES string of the molecule is CCCn1nc(C)c(N)c1NCCCCCO. The third-order valence-corrected chi connectivity index (χ3v) is 2.74. The Morgan fingerprint density at radius 3 is 2.76 bits per heavy atom. The van der Waals surface area contributed by atoms with Gasteiger partial charge in [-0.3, -0.25) is 0 Å². The van der Waals surface area contributed by atoms with Gasteiger partial charge in [-0.2, -0.15) is 5.10 Å². The number of hydrogen-bond donors (Lipinski definition) is 3. The van der Waals surface area contributed by atoms with Gasteiger partial charge in [-0.25, -0.2) is 4.68 Å². The summed E-state index contributed by atoms with van der Waals surface area (Å²) in [7, 11) is 0. The molecule has 0 fully saturated rings. The molecule has 5 nitrogen and oxygen atoms in total. The molecule has 1 rings (SSSR count). The van der Waals surface area contributed by atoms with Gasteiger partial charge in [0.05, 0.1) is 11.4 Å². The number of aryl methyl sites for hydroxylation is 2. The lowest BCUT2D eigenvalue weighted by molar-refractivity contribution is 0.283. The Labute approximate surface area is 103 Å². The highest BCUT2D eigenvalue weighted by molar-refractivity contribution is 5.64. The smallest absolute Gasteiger partial charge is 0.148 e. The van der Waals surface area contributed by atoms with Crippen molar-refractivity contribution in [1.82, 2.24) is 9.78 Å². The Bertz CT molecular complexity index is 335. The van der Waals surface area contributed by atoms with Crippen LogP contribution in [-0.2, 0) is 6.54 Å². The molecular weight excluding hydrogens is 216 g/mol. The molecule has 1 aromatic heterocycles. The highest BCUT2D eigenvalue weighted by atomic mass is 16.2. The van der Waals surface area contributed by atoms with Crippen LogP contribution >= 0.6 is 0 Å². The Morgan fingerprint density at radius 2 is 2.12 bits per heavy atom. The van der Waals surface area contributed by atoms with E-state index in [0.717, 1.165) is 56.0 Å². The third-order valence-electron chi connectivity index (χ3n) is 2.74. The largest absolute Gasteiger partial charge is 0.396 e. The normalized spacial score (nSPS) is 10.8. The van der Waals surface area contributed by atoms with Gasteiger partial charge < -0.3 is 16.2 Å². The number of unbranched alkanes of at least 4 members (excludes halogenated alkanes) is 2. The lowest BCUT2D eigenvalue weighted by Crippen LogP contribution is -2.10. The zero-order valence-corrected chi connectivity index (χ0v) is 10.9. The van der Waals surface area contributed by atoms with Crippen LogP contribution in [0.2, 0.25) is 0 Å². The number of hydrogen-bond acceptors (Lipinski definition) is 4. The average Bonchev–Trinajstić information content (AvgIpc) is 2.57. The monoisotopic (exact) mass is 240 g/mol. The molecule has 0 aliphatic carbocycles. The van der Waals surface area contributed by atoms with E-state index >= 15 is 0 Å². The first-order valence-corrected chi connectivity index (χ1v) is 6.38. The molecule has 1 aromatic rings. The topological polar surface area (TPSA) is 76.1 Å². The third kappa shape index (κ3) is 3.93. The Hall–Kier alpha value is -1.23. The molecule has 0 spiro atoms. The molecule has 0 amide bonds. The van der Waals surface area contributed by atoms with Gasteiger partial charge in [0.15, 0.2) is 0 Å². The molecule has 0 atom stereocenters. The standard InChI is InChI=1S/C12H24N4O/c1-3-8-16-12(11(13)10(2)15-16)14-7-5-4-6-9-17/h14,17H,3-9,13H2,1-2H3. The summed E-state index contributed by atoms with van der Waals surface area (Å²) in [5.41, 5.74) is 7.62. The number of aliphatic hydroxyl groups excluding tert-OH is 1. The first-order valence-electron chi connectivity index (χ1n) is 6.38. The number of aliphatic hydroxyl groups is 1. The highest BCUT2D eigenvalue weighted by Gasteiger charge is 2.10. The first kappa shape index (κ1) is 13.8. The maximum atomic E-state index is 8.69. The molecule has 0 bridgehead atoms. The number of nitrogen functional groups attached to an aromatic ring is 1. The summed E-state index contributed by atoms with van der Waals surface area (Å²) in [5, 5.41) is 16.4. The van der Waals surface area contributed by atoms with Gasteiger partial charge >= 0.3 is 0 Å². The van der Waals surface area contributed by atoms with Crippen LogP contribution in [0.5, 0.6) is 0 Å². The number of nitrogens with two attached hydrogens (primary N) is 1. The molecule has 0 saturated carbocycles. The number of nitrogens with one attached hydrogen (secondary N) is 1. The lowest BCUT2D eigenvalue weighted by atomic mass is 10.2. The summed E-state index contributed by atoms with van der Waals surface area (Å²) in [6, 6.07) is 0. The predicted octanol–water partition coefficient (Wildman–Crippen LogP) is 1.76. The number of anilines is 2. The average molecular weight is 240 g/mol. The van der Waals surface area contributed by atoms with Crippen LogP contribution in [0.3, 0.4) is 0 Å². The second-order valence-corrected chi connectivity index (χ2v) is 4.28. The summed E-state index contributed by atoms with van der Waals surface area (Å²) >= 11 is 0. The zero-order chi connectivity index (χ0) is 12.7. The van der Waals surface area contributed by atoms with Crippen molar-refractivity contribution >= 4 is 11.5 Å². The lowest BCUT2D eigenvalue weighted by Gasteiger charge is -2.09. The van der Waals surface area contributed by atoms with E-state index in [4.69, 9.17) is 10.8 Å². The van der Waals surface area contributed by atoms with Crippen molar-refractivity contribution in [3.8, 4) is 0 Å². The van der Waals surface area contributed by atoms with Crippen molar-refractivity contribution in [2.75, 3.05) is 24.2 Å². The number of nitrogens with zero attached hydrogens (tertiary/aromatic N) is 2. The van der Waals surface area contributed by atoms with E-state index in [1.54, 1.807) is 0 Å². The van der Waals surface area contributed by atoms with E-state index in [2.05, 4.69) is 17.3 Å². The van der Waals surface area contributed by atoms with Crippen LogP contribution in [0, 0.1) is 6.92 Å². The van der Waals surface area contributed by atoms with Gasteiger partial charge in [-0.1, -0.05) is 6.92 Å². The van der Waals surface area contributed by atoms with Gasteiger partial charge in [0.25, 0.3) is 0 Å². The minimum absolute atomic E-state index is 0.273. The number of aromatic nitrogens is 2. The van der Waals surface area contributed by atoms with Crippen LogP contribution < -0.4 is 11.1 Å². The fraction of sp³-hybridized carbons (Fsp3) is 0.750. The molecule has 0 unspecified atom stereocenters. The van der Waals surface area contributed by atoms with Gasteiger partial charge in [0, 0.05) is 19.7 Å². The van der Waals surface area contributed by atoms with Crippen LogP contribution in [0.1, 0.15) is 38.3 Å². The van der Waals surface area contributed by atoms with Crippen LogP contribution in [0.15, 0.2) is 0 Å². The summed E-state index contributed by atoms with van der Waals surface area (Å²) < 4.78 is 1.94. The van der Waals surface area contributed by atoms with Crippen LogP contribution in [0.4, 0.5) is 11.5 Å². The summed E-state index contributed by atoms with van der Waals surface area (Å²) in [5.74, 6) is 0.938. The molecule has 1 heterocycles. The molecule has 0 aliphatic heterocycles. The van der Waals surface area contributed by atoms with E-state index in [9.17, 15) is 0 Å². The van der Waals surface area contributed by atoms with Gasteiger partial charge in [0.2, 0.25) is 0 Å². The molecule has 5 heteroatoms. The maximum Gasteiger partial charge on any atom is 0.148 e. The highest BCUT2D eigenvalue weighted by Crippen LogP contribution is 2.22. The van der Waals surface area contributed by atoms with E-state index < -0.39 is 0 Å². The van der Waals surface area contributed by atoms with Gasteiger partial charge in [0.1, 0.15) is 5.82 Å². The predicted molar refractivity (Wildman–Crippen MR) is 71.1 cm³/mol. The van der Waals surface area contributed by atoms with E-state index in [0.29, 0.717) is 0 Å². The minimum atomic E-state index is 0.273. The van der Waals surface area contributed by atoms with Crippen molar-refractivity contribution in [1.29, 1.82) is 0 Å². The molecule has 0 aromatic carbocycles. The molecule has 0 aliphatic rings. The zero-order valence-electron chi connectivity index (χ0n) is 10.9. The van der Waals surface area contributed by atoms with Crippen molar-refractivity contribution in [3.05, 3.63) is 5.69 Å². The van der Waals surface area contributed by atoms with Gasteiger partial charge in [-0.15, -0.1) is 0 Å². The fourth-order valence-corrected chi connectivity index (χ4v) is 1.78. The summed E-state index contributed by atoms with van der Waals surface area (Å²) in [6.07, 6.45) is 3.98. The van der Waals surface area contributed by atoms with Crippen molar-refractivity contribution in [2.24, 2.45) is 0 Å². The minimum Gasteiger partial charge on any atom is -0.396 e. The molecule has 0 radical (unpaired) electrons. The Morgan fingerprint density at radius 1 is 1.35 bits per heavy atom. The van der Waals surface area contributed by atoms with Gasteiger partial charge in [-0.05, 0) is 32.6 Å². The van der Waals surface area contributed by atoms with Crippen LogP contribution in [0.25, 0.3) is 0 Å². The van der Waals surface area contributed by atoms with Crippen LogP contribution in [-0.4, -0.2) is 28.0 Å². The fourth-order valence-electron chi connectivity index (χ4n) is 1.78. The molecule has 98 valence electrons. The Balaban J connectivity index is 2.50. The second-order valence-electron chi connectivity index (χ2n) is 4.28. The number of rotatable bonds is 8. The summed E-state index contributed by atoms with van der Waals surface area (Å²) in [4.78, 5) is 0. The molecule has 0 saturated heterocycles. The molecule has 4 N–H and O–H groups in total. The maximum absolute atomic E-state index is 8.69. The summed E-state index contributed by atoms with van der Waals surface area (Å²) in [6.45, 7) is 6.09. The van der Waals surface area contributed by atoms with Crippen molar-refractivity contribution < 1.29 is 5.11 Å². The quantitative estimate of drug-likeness (QED) is 0.605.